The van der Waals surface area contributed by atoms with Crippen molar-refractivity contribution >= 4 is 23.3 Å². The van der Waals surface area contributed by atoms with Crippen molar-refractivity contribution < 1.29 is 24.9 Å². The molecule has 0 amide bonds. The van der Waals surface area contributed by atoms with E-state index in [-0.39, 0.29) is 29.0 Å². The first-order chi connectivity index (χ1) is 17.3. The molecule has 4 aromatic rings. The van der Waals surface area contributed by atoms with Crippen LogP contribution in [0.4, 0.5) is 5.69 Å². The number of aromatic nitrogens is 2. The number of hydrogen-bond acceptors (Lipinski definition) is 5. The van der Waals surface area contributed by atoms with Gasteiger partial charge in [0, 0.05) is 17.9 Å². The van der Waals surface area contributed by atoms with E-state index in [1.54, 1.807) is 50.2 Å². The van der Waals surface area contributed by atoms with E-state index < -0.39 is 11.9 Å². The van der Waals surface area contributed by atoms with Crippen LogP contribution in [0.2, 0.25) is 0 Å². The van der Waals surface area contributed by atoms with Gasteiger partial charge in [-0.3, -0.25) is 9.89 Å². The first kappa shape index (κ1) is 25.9. The summed E-state index contributed by atoms with van der Waals surface area (Å²) in [6.45, 7) is 3.67. The maximum Gasteiger partial charge on any atom is 0.335 e. The van der Waals surface area contributed by atoms with Crippen molar-refractivity contribution in [3.8, 4) is 5.69 Å². The number of aryl methyl sites for hydroxylation is 1. The summed E-state index contributed by atoms with van der Waals surface area (Å²) in [6, 6.07) is 21.6. The molecule has 0 aliphatic heterocycles. The van der Waals surface area contributed by atoms with Crippen LogP contribution in [-0.4, -0.2) is 49.4 Å². The quantitative estimate of drug-likeness (QED) is 0.302. The van der Waals surface area contributed by atoms with Gasteiger partial charge >= 0.3 is 11.9 Å². The molecular weight excluding hydrogens is 462 g/mol. The van der Waals surface area contributed by atoms with Crippen LogP contribution in [-0.2, 0) is 0 Å². The van der Waals surface area contributed by atoms with Gasteiger partial charge in [0.25, 0.3) is 5.56 Å². The zero-order chi connectivity index (χ0) is 26.2. The summed E-state index contributed by atoms with van der Waals surface area (Å²) in [4.78, 5) is 41.0. The predicted molar refractivity (Wildman–Crippen MR) is 136 cm³/mol. The molecule has 9 nitrogen and oxygen atoms in total. The Balaban J connectivity index is 0.00000115. The van der Waals surface area contributed by atoms with Gasteiger partial charge in [0.15, 0.2) is 0 Å². The highest BCUT2D eigenvalue weighted by atomic mass is 16.4. The maximum atomic E-state index is 13.4. The molecule has 0 unspecified atom stereocenters. The van der Waals surface area contributed by atoms with Crippen LogP contribution in [0.3, 0.4) is 0 Å². The number of hydrogen-bond donors (Lipinski definition) is 4. The Morgan fingerprint density at radius 2 is 1.36 bits per heavy atom. The number of aliphatic hydroxyl groups excluding tert-OH is 1. The normalized spacial score (nSPS) is 10.9. The molecule has 4 rings (SSSR count). The third kappa shape index (κ3) is 5.83. The van der Waals surface area contributed by atoms with Gasteiger partial charge in [-0.1, -0.05) is 48.5 Å². The Hall–Kier alpha value is -4.76. The number of nitrogens with zero attached hydrogens (tertiary/aromatic N) is 2. The van der Waals surface area contributed by atoms with Gasteiger partial charge in [0.2, 0.25) is 0 Å². The van der Waals surface area contributed by atoms with Crippen LogP contribution < -0.4 is 5.56 Å². The largest absolute Gasteiger partial charge is 0.478 e. The molecule has 0 atom stereocenters. The number of carboxylic acid groups (broad SMARTS) is 2. The lowest BCUT2D eigenvalue weighted by Crippen LogP contribution is -2.21. The maximum absolute atomic E-state index is 13.4. The van der Waals surface area contributed by atoms with Crippen LogP contribution >= 0.6 is 0 Å². The molecule has 9 heteroatoms. The van der Waals surface area contributed by atoms with Gasteiger partial charge in [-0.2, -0.15) is 0 Å². The molecule has 3 aromatic carbocycles. The lowest BCUT2D eigenvalue weighted by atomic mass is 10.0. The fourth-order valence-electron chi connectivity index (χ4n) is 3.50. The van der Waals surface area contributed by atoms with Crippen molar-refractivity contribution in [1.82, 2.24) is 9.78 Å². The van der Waals surface area contributed by atoms with E-state index in [1.165, 1.54) is 16.8 Å². The molecule has 0 aliphatic carbocycles. The zero-order valence-corrected chi connectivity index (χ0v) is 19.7. The number of carbonyl (C=O) groups is 2. The lowest BCUT2D eigenvalue weighted by Gasteiger charge is -2.07. The number of aromatic amines is 1. The zero-order valence-electron chi connectivity index (χ0n) is 19.7. The van der Waals surface area contributed by atoms with Gasteiger partial charge < -0.3 is 15.3 Å². The number of nitrogens with one attached hydrogen (secondary N) is 1. The Bertz CT molecular complexity index is 1420. The Labute approximate surface area is 206 Å². The number of para-hydroxylation sites is 1. The van der Waals surface area contributed by atoms with Crippen LogP contribution in [0.15, 0.2) is 88.6 Å². The number of aliphatic hydroxyl groups is 1. The minimum atomic E-state index is -1.28. The number of aromatic carboxylic acids is 2. The number of aliphatic imine (C=N–C) groups is 1. The third-order valence-corrected chi connectivity index (χ3v) is 5.02. The summed E-state index contributed by atoms with van der Waals surface area (Å²) >= 11 is 0. The van der Waals surface area contributed by atoms with Gasteiger partial charge in [-0.15, -0.1) is 0 Å². The highest BCUT2D eigenvalue weighted by Gasteiger charge is 2.20. The van der Waals surface area contributed by atoms with Crippen LogP contribution in [0.1, 0.15) is 44.5 Å². The Morgan fingerprint density at radius 1 is 0.861 bits per heavy atom. The predicted octanol–water partition coefficient (Wildman–Crippen LogP) is 4.04. The van der Waals surface area contributed by atoms with E-state index in [0.29, 0.717) is 28.2 Å². The number of rotatable bonds is 6. The summed E-state index contributed by atoms with van der Waals surface area (Å²) in [6.07, 6.45) is 0. The van der Waals surface area contributed by atoms with E-state index in [4.69, 9.17) is 5.11 Å². The Kier molecular flexibility index (Phi) is 8.32. The van der Waals surface area contributed by atoms with Crippen LogP contribution in [0, 0.1) is 6.92 Å². The molecule has 184 valence electrons. The van der Waals surface area contributed by atoms with Crippen molar-refractivity contribution in [2.45, 2.75) is 13.8 Å². The fraction of sp³-hybridized carbons (Fsp3) is 0.111. The summed E-state index contributed by atoms with van der Waals surface area (Å²) in [5, 5.41) is 29.4. The second kappa shape index (κ2) is 11.6. The second-order valence-electron chi connectivity index (χ2n) is 7.61. The molecule has 1 aromatic heterocycles. The van der Waals surface area contributed by atoms with Crippen LogP contribution in [0.25, 0.3) is 5.69 Å². The van der Waals surface area contributed by atoms with E-state index >= 15 is 0 Å². The molecule has 1 heterocycles. The lowest BCUT2D eigenvalue weighted by molar-refractivity contribution is 0.0696. The monoisotopic (exact) mass is 487 g/mol. The molecule has 0 spiro atoms. The van der Waals surface area contributed by atoms with Crippen molar-refractivity contribution in [2.24, 2.45) is 4.99 Å². The fourth-order valence-corrected chi connectivity index (χ4v) is 3.50. The number of H-pyrrole nitrogens is 1. The first-order valence-corrected chi connectivity index (χ1v) is 11.0. The van der Waals surface area contributed by atoms with Gasteiger partial charge in [0.1, 0.15) is 0 Å². The topological polar surface area (TPSA) is 145 Å². The average Bonchev–Trinajstić information content (AvgIpc) is 3.17. The van der Waals surface area contributed by atoms with Crippen molar-refractivity contribution in [2.75, 3.05) is 6.61 Å². The van der Waals surface area contributed by atoms with Crippen molar-refractivity contribution in [3.05, 3.63) is 117 Å². The van der Waals surface area contributed by atoms with Crippen LogP contribution in [0.5, 0.6) is 0 Å². The number of benzene rings is 3. The minimum absolute atomic E-state index is 0.109. The summed E-state index contributed by atoms with van der Waals surface area (Å²) in [7, 11) is 0. The van der Waals surface area contributed by atoms with E-state index in [9.17, 15) is 24.6 Å². The van der Waals surface area contributed by atoms with Gasteiger partial charge in [-0.05, 0) is 44.2 Å². The van der Waals surface area contributed by atoms with Gasteiger partial charge in [-0.25, -0.2) is 19.3 Å². The smallest absolute Gasteiger partial charge is 0.335 e. The minimum Gasteiger partial charge on any atom is -0.478 e. The molecule has 36 heavy (non-hydrogen) atoms. The standard InChI is InChI=1S/C25H19N3O5.C2H6O/c1-15-21(23(29)28(27-15)20-10-6-3-7-11-20)22(16-8-4-2-5-9-16)26-19-13-17(24(30)31)12-18(14-19)25(32)33;1-2-3/h2-14,27H,1H3,(H,30,31)(H,32,33);3H,2H2,1H3. The molecule has 0 saturated carbocycles. The summed E-state index contributed by atoms with van der Waals surface area (Å²) in [5.41, 5.74) is 1.75. The summed E-state index contributed by atoms with van der Waals surface area (Å²) in [5.74, 6) is -2.56. The SMILES string of the molecule is CCO.Cc1[nH]n(-c2ccccc2)c(=O)c1C(=Nc1cc(C(=O)O)cc(C(=O)O)c1)c1ccccc1. The molecular formula is C27H25N3O6. The highest BCUT2D eigenvalue weighted by molar-refractivity contribution is 6.14. The molecule has 0 radical (unpaired) electrons. The second-order valence-corrected chi connectivity index (χ2v) is 7.61. The van der Waals surface area contributed by atoms with E-state index in [1.807, 2.05) is 24.3 Å². The van der Waals surface area contributed by atoms with E-state index in [0.717, 1.165) is 6.07 Å². The Morgan fingerprint density at radius 3 is 1.86 bits per heavy atom. The third-order valence-electron chi connectivity index (χ3n) is 5.02. The summed E-state index contributed by atoms with van der Waals surface area (Å²) < 4.78 is 1.40. The van der Waals surface area contributed by atoms with E-state index in [2.05, 4.69) is 10.1 Å². The number of carboxylic acids is 2. The highest BCUT2D eigenvalue weighted by Crippen LogP contribution is 2.22. The van der Waals surface area contributed by atoms with Gasteiger partial charge in [0.05, 0.1) is 33.8 Å². The molecule has 0 fully saturated rings. The van der Waals surface area contributed by atoms with Crippen molar-refractivity contribution in [1.29, 1.82) is 0 Å². The first-order valence-electron chi connectivity index (χ1n) is 11.0. The molecule has 0 saturated heterocycles. The van der Waals surface area contributed by atoms with Crippen molar-refractivity contribution in [3.63, 3.8) is 0 Å². The molecule has 0 bridgehead atoms. The molecule has 0 aliphatic rings. The molecule has 4 N–H and O–H groups in total. The average molecular weight is 488 g/mol.